The van der Waals surface area contributed by atoms with Gasteiger partial charge in [-0.25, -0.2) is 0 Å². The molecule has 1 aliphatic heterocycles. The molecule has 1 aliphatic rings. The molecule has 0 bridgehead atoms. The highest BCUT2D eigenvalue weighted by atomic mass is 32.1. The summed E-state index contributed by atoms with van der Waals surface area (Å²) >= 11 is 1.36. The van der Waals surface area contributed by atoms with Crippen LogP contribution < -0.4 is 15.4 Å². The lowest BCUT2D eigenvalue weighted by Crippen LogP contribution is -2.27. The largest absolute Gasteiger partial charge is 0.492 e. The van der Waals surface area contributed by atoms with Crippen molar-refractivity contribution in [1.82, 2.24) is 0 Å². The van der Waals surface area contributed by atoms with Gasteiger partial charge in [-0.2, -0.15) is 0 Å². The molecule has 20 heavy (non-hydrogen) atoms. The number of hydrogen-bond acceptors (Lipinski definition) is 7. The minimum Gasteiger partial charge on any atom is -0.492 e. The number of nitrogen functional groups attached to an aromatic ring is 1. The summed E-state index contributed by atoms with van der Waals surface area (Å²) in [6.45, 7) is 2.87. The summed E-state index contributed by atoms with van der Waals surface area (Å²) < 4.78 is 16.2. The molecule has 0 spiro atoms. The highest BCUT2D eigenvalue weighted by Gasteiger charge is 2.36. The van der Waals surface area contributed by atoms with Gasteiger partial charge >= 0.3 is 0 Å². The van der Waals surface area contributed by atoms with Crippen molar-refractivity contribution in [1.29, 1.82) is 0 Å². The number of nitrogens with zero attached hydrogens (tertiary/aromatic N) is 1. The summed E-state index contributed by atoms with van der Waals surface area (Å²) in [5, 5.41) is 0.858. The lowest BCUT2D eigenvalue weighted by molar-refractivity contribution is -0.00461. The summed E-state index contributed by atoms with van der Waals surface area (Å²) in [5.74, 6) is 0.509. The minimum absolute atomic E-state index is 0.00573. The van der Waals surface area contributed by atoms with Gasteiger partial charge in [-0.05, 0) is 0 Å². The number of carbonyl (C=O) groups is 1. The number of rotatable bonds is 5. The number of nitrogens with two attached hydrogens (primary N) is 1. The van der Waals surface area contributed by atoms with E-state index < -0.39 is 0 Å². The molecule has 1 aromatic rings. The van der Waals surface area contributed by atoms with E-state index >= 15 is 0 Å². The van der Waals surface area contributed by atoms with Crippen LogP contribution in [0.4, 0.5) is 10.7 Å². The maximum atomic E-state index is 11.6. The molecule has 0 saturated carbocycles. The van der Waals surface area contributed by atoms with Gasteiger partial charge < -0.3 is 24.8 Å². The molecule has 2 N–H and O–H groups in total. The van der Waals surface area contributed by atoms with Crippen molar-refractivity contribution in [2.24, 2.45) is 0 Å². The quantitative estimate of drug-likeness (QED) is 0.828. The van der Waals surface area contributed by atoms with Gasteiger partial charge in [-0.3, -0.25) is 4.79 Å². The van der Waals surface area contributed by atoms with Gasteiger partial charge in [0.1, 0.15) is 17.2 Å². The Morgan fingerprint density at radius 3 is 2.20 bits per heavy atom. The Balaban J connectivity index is 2.34. The van der Waals surface area contributed by atoms with E-state index in [1.807, 2.05) is 0 Å². The van der Waals surface area contributed by atoms with Gasteiger partial charge in [0, 0.05) is 34.2 Å². The molecule has 0 aliphatic carbocycles. The van der Waals surface area contributed by atoms with E-state index in [-0.39, 0.29) is 18.0 Å². The zero-order valence-corrected chi connectivity index (χ0v) is 13.0. The molecule has 0 aromatic carbocycles. The molecular weight excluding hydrogens is 280 g/mol. The number of hydrogen-bond donors (Lipinski definition) is 1. The maximum Gasteiger partial charge on any atom is 0.177 e. The summed E-state index contributed by atoms with van der Waals surface area (Å²) in [7, 11) is 4.89. The molecule has 1 saturated heterocycles. The molecular formula is C13H20N2O4S. The van der Waals surface area contributed by atoms with Crippen molar-refractivity contribution in [3.05, 3.63) is 4.88 Å². The highest BCUT2D eigenvalue weighted by molar-refractivity contribution is 7.19. The van der Waals surface area contributed by atoms with Gasteiger partial charge in [0.25, 0.3) is 0 Å². The van der Waals surface area contributed by atoms with Crippen molar-refractivity contribution in [2.45, 2.75) is 19.1 Å². The van der Waals surface area contributed by atoms with E-state index in [0.29, 0.717) is 29.4 Å². The second kappa shape index (κ2) is 5.99. The van der Waals surface area contributed by atoms with Crippen molar-refractivity contribution in [2.75, 3.05) is 45.1 Å². The van der Waals surface area contributed by atoms with Gasteiger partial charge in [0.15, 0.2) is 11.5 Å². The average Bonchev–Trinajstić information content (AvgIpc) is 2.98. The van der Waals surface area contributed by atoms with E-state index in [0.717, 1.165) is 5.00 Å². The van der Waals surface area contributed by atoms with E-state index in [9.17, 15) is 4.79 Å². The third-order valence-electron chi connectivity index (χ3n) is 3.51. The first kappa shape index (κ1) is 15.1. The number of ketones is 1. The first-order chi connectivity index (χ1) is 9.53. The Kier molecular flexibility index (Phi) is 4.52. The molecule has 2 heterocycles. The molecule has 1 fully saturated rings. The van der Waals surface area contributed by atoms with Crippen LogP contribution in [-0.2, 0) is 9.47 Å². The zero-order chi connectivity index (χ0) is 14.9. The molecule has 0 radical (unpaired) electrons. The Labute approximate surface area is 122 Å². The number of thiophene rings is 1. The van der Waals surface area contributed by atoms with Crippen LogP contribution in [0.25, 0.3) is 0 Å². The van der Waals surface area contributed by atoms with Crippen LogP contribution in [0, 0.1) is 0 Å². The Morgan fingerprint density at radius 2 is 1.80 bits per heavy atom. The van der Waals surface area contributed by atoms with Crippen molar-refractivity contribution in [3.8, 4) is 5.75 Å². The van der Waals surface area contributed by atoms with Crippen LogP contribution in [0.1, 0.15) is 16.6 Å². The van der Waals surface area contributed by atoms with Crippen LogP contribution >= 0.6 is 11.3 Å². The average molecular weight is 300 g/mol. The molecule has 0 amide bonds. The van der Waals surface area contributed by atoms with Crippen molar-refractivity contribution < 1.29 is 19.0 Å². The third-order valence-corrected chi connectivity index (χ3v) is 4.86. The van der Waals surface area contributed by atoms with Crippen LogP contribution in [-0.4, -0.2) is 52.4 Å². The minimum atomic E-state index is -0.0529. The SMILES string of the molecule is COc1c(N2CC(OC)C(OC)C2)sc(C(C)=O)c1N. The zero-order valence-electron chi connectivity index (χ0n) is 12.1. The Morgan fingerprint density at radius 1 is 1.25 bits per heavy atom. The molecule has 2 atom stereocenters. The first-order valence-electron chi connectivity index (χ1n) is 6.31. The molecule has 6 nitrogen and oxygen atoms in total. The first-order valence-corrected chi connectivity index (χ1v) is 7.12. The standard InChI is InChI=1S/C13H20N2O4S/c1-7(16)12-10(14)11(19-4)13(20-12)15-5-8(17-2)9(6-15)18-3/h8-9H,5-6,14H2,1-4H3. The van der Waals surface area contributed by atoms with Gasteiger partial charge in [-0.15, -0.1) is 11.3 Å². The second-order valence-electron chi connectivity index (χ2n) is 4.69. The second-order valence-corrected chi connectivity index (χ2v) is 5.69. The predicted molar refractivity (Wildman–Crippen MR) is 79.1 cm³/mol. The summed E-state index contributed by atoms with van der Waals surface area (Å²) in [6.07, 6.45) is -0.0115. The molecule has 2 rings (SSSR count). The number of carbonyl (C=O) groups excluding carboxylic acids is 1. The van der Waals surface area contributed by atoms with Crippen LogP contribution in [0.2, 0.25) is 0 Å². The van der Waals surface area contributed by atoms with Gasteiger partial charge in [0.05, 0.1) is 17.7 Å². The van der Waals surface area contributed by atoms with E-state index in [4.69, 9.17) is 19.9 Å². The predicted octanol–water partition coefficient (Wildman–Crippen LogP) is 1.39. The molecule has 112 valence electrons. The third kappa shape index (κ3) is 2.48. The molecule has 1 aromatic heterocycles. The fourth-order valence-corrected chi connectivity index (χ4v) is 3.55. The lowest BCUT2D eigenvalue weighted by atomic mass is 10.3. The summed E-state index contributed by atoms with van der Waals surface area (Å²) in [4.78, 5) is 14.2. The van der Waals surface area contributed by atoms with E-state index in [1.54, 1.807) is 21.3 Å². The Hall–Kier alpha value is -1.31. The van der Waals surface area contributed by atoms with Crippen LogP contribution in [0.15, 0.2) is 0 Å². The number of Topliss-reactive ketones (excluding diaryl/α,β-unsaturated/α-hetero) is 1. The fourth-order valence-electron chi connectivity index (χ4n) is 2.45. The van der Waals surface area contributed by atoms with Crippen molar-refractivity contribution in [3.63, 3.8) is 0 Å². The van der Waals surface area contributed by atoms with Crippen molar-refractivity contribution >= 4 is 27.8 Å². The molecule has 2 unspecified atom stereocenters. The summed E-state index contributed by atoms with van der Waals surface area (Å²) in [6, 6.07) is 0. The number of methoxy groups -OCH3 is 3. The van der Waals surface area contributed by atoms with Gasteiger partial charge in [-0.1, -0.05) is 0 Å². The maximum absolute atomic E-state index is 11.6. The van der Waals surface area contributed by atoms with Crippen LogP contribution in [0.3, 0.4) is 0 Å². The number of anilines is 2. The highest BCUT2D eigenvalue weighted by Crippen LogP contribution is 2.46. The van der Waals surface area contributed by atoms with E-state index in [1.165, 1.54) is 18.3 Å². The summed E-state index contributed by atoms with van der Waals surface area (Å²) in [5.41, 5.74) is 6.40. The fraction of sp³-hybridized carbons (Fsp3) is 0.615. The normalized spacial score (nSPS) is 22.3. The Bertz CT molecular complexity index is 491. The smallest absolute Gasteiger partial charge is 0.177 e. The van der Waals surface area contributed by atoms with E-state index in [2.05, 4.69) is 4.90 Å². The monoisotopic (exact) mass is 300 g/mol. The van der Waals surface area contributed by atoms with Gasteiger partial charge in [0.2, 0.25) is 0 Å². The topological polar surface area (TPSA) is 74.0 Å². The van der Waals surface area contributed by atoms with Crippen LogP contribution in [0.5, 0.6) is 5.75 Å². The number of ether oxygens (including phenoxy) is 3. The molecule has 7 heteroatoms. The lowest BCUT2D eigenvalue weighted by Gasteiger charge is -2.17.